The van der Waals surface area contributed by atoms with Gasteiger partial charge < -0.3 is 21.3 Å². The molecule has 0 aromatic heterocycles. The molecule has 4 aliphatic heterocycles. The standard InChI is InChI=1S/C26H34N8O5/c1-24(2)10-4-6-13-5-3-7-14(19(13)24)21(37)30-16-12-34-23(28)29-15(11-33-17(35)8-9-18(33)36)20-25(34,26(16,38)39)32-22(27)31-20/h3,5,7,15-16,20,38-39H,4,6,8-12H2,1-2H3,(H2,28,29)(H,30,37)(H3,27,31,32)/p+1/t15-,16?,20-,25?/m0/s1. The number of nitrogens with two attached hydrogens (primary N) is 2. The molecule has 208 valence electrons. The fraction of sp³-hybridized carbons (Fsp3) is 0.577. The summed E-state index contributed by atoms with van der Waals surface area (Å²) in [5.41, 5.74) is 13.1. The number of fused-ring (bicyclic) bond motifs is 1. The van der Waals surface area contributed by atoms with Crippen molar-refractivity contribution in [2.75, 3.05) is 13.1 Å². The van der Waals surface area contributed by atoms with Crippen molar-refractivity contribution in [3.63, 3.8) is 0 Å². The van der Waals surface area contributed by atoms with E-state index < -0.39 is 35.5 Å². The average molecular weight is 540 g/mol. The van der Waals surface area contributed by atoms with Gasteiger partial charge in [0.05, 0.1) is 13.1 Å². The summed E-state index contributed by atoms with van der Waals surface area (Å²) in [5, 5.41) is 29.3. The number of carbonyl (C=O) groups excluding carboxylic acids is 3. The van der Waals surface area contributed by atoms with Gasteiger partial charge in [-0.3, -0.25) is 34.9 Å². The molecule has 2 fully saturated rings. The lowest BCUT2D eigenvalue weighted by Gasteiger charge is -2.46. The zero-order valence-corrected chi connectivity index (χ0v) is 22.0. The molecule has 1 aliphatic carbocycles. The van der Waals surface area contributed by atoms with Crippen LogP contribution in [-0.2, 0) is 21.4 Å². The number of aliphatic hydroxyl groups is 2. The van der Waals surface area contributed by atoms with Crippen LogP contribution in [0, 0.1) is 0 Å². The molecule has 3 amide bonds. The number of guanidine groups is 2. The lowest BCUT2D eigenvalue weighted by Crippen LogP contribution is -2.90. The Bertz CT molecular complexity index is 1320. The number of amides is 3. The maximum absolute atomic E-state index is 13.7. The van der Waals surface area contributed by atoms with Gasteiger partial charge in [0.2, 0.25) is 17.6 Å². The number of hydrogen-bond donors (Lipinski definition) is 7. The van der Waals surface area contributed by atoms with Crippen LogP contribution in [0.5, 0.6) is 0 Å². The van der Waals surface area contributed by atoms with Crippen LogP contribution in [0.2, 0.25) is 0 Å². The van der Waals surface area contributed by atoms with E-state index in [0.29, 0.717) is 5.56 Å². The van der Waals surface area contributed by atoms with Crippen molar-refractivity contribution in [2.45, 2.75) is 80.9 Å². The van der Waals surface area contributed by atoms with Gasteiger partial charge >= 0.3 is 5.96 Å². The molecule has 2 unspecified atom stereocenters. The zero-order chi connectivity index (χ0) is 27.9. The molecular weight excluding hydrogens is 504 g/mol. The fourth-order valence-corrected chi connectivity index (χ4v) is 7.21. The first-order chi connectivity index (χ1) is 18.4. The van der Waals surface area contributed by atoms with Gasteiger partial charge in [-0.15, -0.1) is 0 Å². The monoisotopic (exact) mass is 539 g/mol. The molecule has 13 heteroatoms. The second-order valence-electron chi connectivity index (χ2n) is 11.8. The molecular formula is C26H35N8O5+. The number of aliphatic imine (C=N–C) groups is 1. The lowest BCUT2D eigenvalue weighted by atomic mass is 9.70. The van der Waals surface area contributed by atoms with Crippen molar-refractivity contribution in [1.29, 1.82) is 0 Å². The molecule has 2 saturated heterocycles. The van der Waals surface area contributed by atoms with Gasteiger partial charge in [0.15, 0.2) is 12.0 Å². The number of carbonyl (C=O) groups is 3. The lowest BCUT2D eigenvalue weighted by molar-refractivity contribution is -0.521. The van der Waals surface area contributed by atoms with Gasteiger partial charge in [-0.05, 0) is 41.9 Å². The minimum atomic E-state index is -2.58. The molecule has 6 rings (SSSR count). The minimum Gasteiger partial charge on any atom is -0.370 e. The average Bonchev–Trinajstić information content (AvgIpc) is 3.46. The van der Waals surface area contributed by atoms with E-state index in [1.807, 2.05) is 12.1 Å². The van der Waals surface area contributed by atoms with Crippen molar-refractivity contribution < 1.29 is 29.6 Å². The van der Waals surface area contributed by atoms with Crippen molar-refractivity contribution >= 4 is 29.6 Å². The highest BCUT2D eigenvalue weighted by Crippen LogP contribution is 2.42. The second-order valence-corrected chi connectivity index (χ2v) is 11.8. The molecule has 0 saturated carbocycles. The topological polar surface area (TPSA) is 201 Å². The first kappa shape index (κ1) is 25.6. The van der Waals surface area contributed by atoms with Crippen LogP contribution in [0.15, 0.2) is 23.2 Å². The van der Waals surface area contributed by atoms with Crippen molar-refractivity contribution in [1.82, 2.24) is 20.4 Å². The number of nitrogens with one attached hydrogen (secondary N) is 3. The maximum Gasteiger partial charge on any atom is 0.343 e. The van der Waals surface area contributed by atoms with E-state index in [-0.39, 0.29) is 55.1 Å². The van der Waals surface area contributed by atoms with Gasteiger partial charge in [0.25, 0.3) is 11.6 Å². The first-order valence-corrected chi connectivity index (χ1v) is 13.4. The van der Waals surface area contributed by atoms with Crippen LogP contribution in [0.25, 0.3) is 0 Å². The molecule has 0 bridgehead atoms. The zero-order valence-electron chi connectivity index (χ0n) is 22.0. The van der Waals surface area contributed by atoms with E-state index >= 15 is 0 Å². The highest BCUT2D eigenvalue weighted by Gasteiger charge is 2.76. The molecule has 4 atom stereocenters. The van der Waals surface area contributed by atoms with Crippen LogP contribution >= 0.6 is 0 Å². The Hall–Kier alpha value is -3.71. The maximum atomic E-state index is 13.7. The normalized spacial score (nSPS) is 32.2. The van der Waals surface area contributed by atoms with Gasteiger partial charge in [-0.2, -0.15) is 0 Å². The smallest absolute Gasteiger partial charge is 0.343 e. The molecule has 13 nitrogen and oxygen atoms in total. The molecule has 0 radical (unpaired) electrons. The third kappa shape index (κ3) is 3.55. The molecule has 1 aromatic rings. The largest absolute Gasteiger partial charge is 0.370 e. The summed E-state index contributed by atoms with van der Waals surface area (Å²) in [6, 6.07) is 2.76. The third-order valence-corrected chi connectivity index (χ3v) is 9.03. The first-order valence-electron chi connectivity index (χ1n) is 13.4. The Morgan fingerprint density at radius 1 is 1.21 bits per heavy atom. The van der Waals surface area contributed by atoms with Crippen LogP contribution < -0.4 is 27.1 Å². The molecule has 1 aromatic carbocycles. The predicted molar refractivity (Wildman–Crippen MR) is 139 cm³/mol. The van der Waals surface area contributed by atoms with E-state index in [1.165, 1.54) is 4.90 Å². The van der Waals surface area contributed by atoms with E-state index in [2.05, 4.69) is 34.5 Å². The number of benzene rings is 1. The van der Waals surface area contributed by atoms with Crippen LogP contribution in [0.3, 0.4) is 0 Å². The minimum absolute atomic E-state index is 0.0261. The molecule has 5 aliphatic rings. The predicted octanol–water partition coefficient (Wildman–Crippen LogP) is -3.70. The van der Waals surface area contributed by atoms with Gasteiger partial charge in [-0.25, -0.2) is 10.3 Å². The van der Waals surface area contributed by atoms with E-state index in [0.717, 1.165) is 35.3 Å². The number of likely N-dealkylation sites (tertiary alicyclic amines) is 1. The van der Waals surface area contributed by atoms with Crippen LogP contribution in [0.4, 0.5) is 0 Å². The Morgan fingerprint density at radius 2 is 1.92 bits per heavy atom. The molecule has 39 heavy (non-hydrogen) atoms. The quantitative estimate of drug-likeness (QED) is 0.149. The number of hydrogen-bond acceptors (Lipinski definition) is 10. The molecule has 4 heterocycles. The van der Waals surface area contributed by atoms with Gasteiger partial charge in [-0.1, -0.05) is 26.0 Å². The van der Waals surface area contributed by atoms with Crippen LogP contribution in [0.1, 0.15) is 61.0 Å². The summed E-state index contributed by atoms with van der Waals surface area (Å²) in [7, 11) is 0. The summed E-state index contributed by atoms with van der Waals surface area (Å²) < 4.78 is 0. The third-order valence-electron chi connectivity index (χ3n) is 9.03. The SMILES string of the molecule is CC1(C)CCCc2cccc(C(=O)NC3CN4C(N)=N[C@@H](CN5C(=O)CCC5=O)[C@@H]5[NH+]=C(N)NC54C3(O)O)c21. The Kier molecular flexibility index (Phi) is 5.50. The number of rotatable bonds is 4. The van der Waals surface area contributed by atoms with E-state index in [4.69, 9.17) is 11.5 Å². The van der Waals surface area contributed by atoms with Gasteiger partial charge in [0.1, 0.15) is 12.1 Å². The van der Waals surface area contributed by atoms with Gasteiger partial charge in [0, 0.05) is 18.4 Å². The summed E-state index contributed by atoms with van der Waals surface area (Å²) >= 11 is 0. The number of imide groups is 1. The Labute approximate surface area is 225 Å². The van der Waals surface area contributed by atoms with Crippen molar-refractivity contribution in [3.8, 4) is 0 Å². The van der Waals surface area contributed by atoms with E-state index in [1.54, 1.807) is 6.07 Å². The Morgan fingerprint density at radius 3 is 2.64 bits per heavy atom. The number of aryl methyl sites for hydroxylation is 1. The highest BCUT2D eigenvalue weighted by molar-refractivity contribution is 6.02. The van der Waals surface area contributed by atoms with E-state index in [9.17, 15) is 24.6 Å². The highest BCUT2D eigenvalue weighted by atomic mass is 16.5. The van der Waals surface area contributed by atoms with Crippen molar-refractivity contribution in [2.24, 2.45) is 16.5 Å². The second kappa shape index (κ2) is 8.39. The summed E-state index contributed by atoms with van der Waals surface area (Å²) in [6.45, 7) is 4.06. The van der Waals surface area contributed by atoms with Crippen LogP contribution in [-0.4, -0.2) is 92.3 Å². The summed E-state index contributed by atoms with van der Waals surface area (Å²) in [6.07, 6.45) is 3.09. The molecule has 9 N–H and O–H groups in total. The van der Waals surface area contributed by atoms with Crippen molar-refractivity contribution in [3.05, 3.63) is 34.9 Å². The fourth-order valence-electron chi connectivity index (χ4n) is 7.21. The number of nitrogens with zero attached hydrogens (tertiary/aromatic N) is 3. The Balaban J connectivity index is 1.33. The summed E-state index contributed by atoms with van der Waals surface area (Å²) in [4.78, 5) is 48.4. The molecule has 1 spiro atoms. The summed E-state index contributed by atoms with van der Waals surface area (Å²) in [5.74, 6) is -3.62.